The molecule has 0 saturated carbocycles. The Labute approximate surface area is 162 Å². The van der Waals surface area contributed by atoms with Crippen molar-refractivity contribution in [1.82, 2.24) is 14.6 Å². The molecule has 1 aliphatic heterocycles. The first-order valence-corrected chi connectivity index (χ1v) is 9.29. The zero-order valence-electron chi connectivity index (χ0n) is 14.5. The Morgan fingerprint density at radius 1 is 0.964 bits per heavy atom. The van der Waals surface area contributed by atoms with Crippen molar-refractivity contribution in [3.63, 3.8) is 0 Å². The van der Waals surface area contributed by atoms with Gasteiger partial charge in [-0.2, -0.15) is 0 Å². The van der Waals surface area contributed by atoms with Crippen LogP contribution in [0.1, 0.15) is 10.7 Å². The zero-order chi connectivity index (χ0) is 18.9. The van der Waals surface area contributed by atoms with E-state index in [1.54, 1.807) is 18.2 Å². The summed E-state index contributed by atoms with van der Waals surface area (Å²) in [5, 5.41) is 8.35. The number of fused-ring (bicyclic) bond motifs is 2. The van der Waals surface area contributed by atoms with Crippen LogP contribution >= 0.6 is 11.3 Å². The predicted octanol–water partition coefficient (Wildman–Crippen LogP) is 3.82. The smallest absolute Gasteiger partial charge is 0.231 e. The molecule has 3 heterocycles. The minimum Gasteiger partial charge on any atom is -0.488 e. The first kappa shape index (κ1) is 16.8. The molecule has 1 aliphatic rings. The van der Waals surface area contributed by atoms with Gasteiger partial charge < -0.3 is 18.9 Å². The highest BCUT2D eigenvalue weighted by Gasteiger charge is 2.15. The van der Waals surface area contributed by atoms with Crippen LogP contribution in [0.25, 0.3) is 4.96 Å². The molecular weight excluding hydrogens is 385 g/mol. The summed E-state index contributed by atoms with van der Waals surface area (Å²) in [4.78, 5) is 1.72. The summed E-state index contributed by atoms with van der Waals surface area (Å²) in [6.45, 7) is 0.846. The van der Waals surface area contributed by atoms with E-state index in [0.29, 0.717) is 35.4 Å². The molecule has 0 radical (unpaired) electrons. The number of hydrogen-bond donors (Lipinski definition) is 0. The summed E-state index contributed by atoms with van der Waals surface area (Å²) in [6, 6.07) is 11.3. The maximum atomic E-state index is 13.0. The second-order valence-corrected chi connectivity index (χ2v) is 7.11. The molecule has 2 aromatic heterocycles. The average Bonchev–Trinajstić information content (AvgIpc) is 3.41. The van der Waals surface area contributed by atoms with Crippen molar-refractivity contribution in [2.24, 2.45) is 0 Å². The maximum absolute atomic E-state index is 13.0. The molecular formula is C19H14FN3O4S. The van der Waals surface area contributed by atoms with Crippen molar-refractivity contribution in [2.75, 3.05) is 6.79 Å². The molecule has 0 atom stereocenters. The minimum atomic E-state index is -0.292. The highest BCUT2D eigenvalue weighted by atomic mass is 32.1. The molecule has 7 nitrogen and oxygen atoms in total. The van der Waals surface area contributed by atoms with Gasteiger partial charge in [-0.3, -0.25) is 4.40 Å². The molecule has 9 heteroatoms. The first-order chi connectivity index (χ1) is 13.7. The van der Waals surface area contributed by atoms with Gasteiger partial charge in [0.1, 0.15) is 30.5 Å². The normalized spacial score (nSPS) is 12.5. The van der Waals surface area contributed by atoms with E-state index < -0.39 is 0 Å². The van der Waals surface area contributed by atoms with Crippen molar-refractivity contribution in [2.45, 2.75) is 13.2 Å². The van der Waals surface area contributed by atoms with Gasteiger partial charge in [-0.1, -0.05) is 11.3 Å². The fraction of sp³-hybridized carbons (Fsp3) is 0.158. The number of nitrogens with zero attached hydrogens (tertiary/aromatic N) is 3. The van der Waals surface area contributed by atoms with Gasteiger partial charge in [0.05, 0.1) is 4.88 Å². The van der Waals surface area contributed by atoms with E-state index in [2.05, 4.69) is 10.2 Å². The highest BCUT2D eigenvalue weighted by Crippen LogP contribution is 2.35. The van der Waals surface area contributed by atoms with Crippen molar-refractivity contribution in [3.8, 4) is 23.0 Å². The van der Waals surface area contributed by atoms with E-state index in [4.69, 9.17) is 18.9 Å². The van der Waals surface area contributed by atoms with Crippen molar-refractivity contribution in [3.05, 3.63) is 65.2 Å². The highest BCUT2D eigenvalue weighted by molar-refractivity contribution is 7.17. The number of halogens is 1. The van der Waals surface area contributed by atoms with Crippen molar-refractivity contribution in [1.29, 1.82) is 0 Å². The molecule has 5 rings (SSSR count). The van der Waals surface area contributed by atoms with Crippen LogP contribution in [0.3, 0.4) is 0 Å². The van der Waals surface area contributed by atoms with Crippen LogP contribution in [0, 0.1) is 5.82 Å². The van der Waals surface area contributed by atoms with Crippen LogP contribution in [0.5, 0.6) is 23.0 Å². The second kappa shape index (κ2) is 7.01. The van der Waals surface area contributed by atoms with Gasteiger partial charge in [0.2, 0.25) is 11.8 Å². The molecule has 0 amide bonds. The number of ether oxygens (including phenoxy) is 4. The van der Waals surface area contributed by atoms with Gasteiger partial charge >= 0.3 is 0 Å². The summed E-state index contributed by atoms with van der Waals surface area (Å²) in [7, 11) is 0. The van der Waals surface area contributed by atoms with Crippen LogP contribution in [0.4, 0.5) is 4.39 Å². The molecule has 0 fully saturated rings. The van der Waals surface area contributed by atoms with Crippen molar-refractivity contribution >= 4 is 16.3 Å². The average molecular weight is 399 g/mol. The lowest BCUT2D eigenvalue weighted by Gasteiger charge is -2.05. The molecule has 0 spiro atoms. The lowest BCUT2D eigenvalue weighted by Crippen LogP contribution is -2.01. The maximum Gasteiger partial charge on any atom is 0.231 e. The number of benzene rings is 2. The lowest BCUT2D eigenvalue weighted by molar-refractivity contribution is 0.173. The first-order valence-electron chi connectivity index (χ1n) is 8.48. The van der Waals surface area contributed by atoms with Gasteiger partial charge in [-0.05, 0) is 36.4 Å². The number of aromatic nitrogens is 3. The molecule has 142 valence electrons. The quantitative estimate of drug-likeness (QED) is 0.491. The number of hydrogen-bond acceptors (Lipinski definition) is 7. The van der Waals surface area contributed by atoms with Gasteiger partial charge in [0.25, 0.3) is 0 Å². The van der Waals surface area contributed by atoms with E-state index in [9.17, 15) is 4.39 Å². The molecule has 0 aliphatic carbocycles. The Bertz CT molecular complexity index is 1130. The summed E-state index contributed by atoms with van der Waals surface area (Å²) in [5.41, 5.74) is 0. The van der Waals surface area contributed by atoms with E-state index >= 15 is 0 Å². The third-order valence-electron chi connectivity index (χ3n) is 4.14. The molecule has 28 heavy (non-hydrogen) atoms. The third kappa shape index (κ3) is 3.31. The van der Waals surface area contributed by atoms with Crippen LogP contribution in [-0.2, 0) is 13.2 Å². The van der Waals surface area contributed by atoms with Crippen LogP contribution in [0.15, 0.2) is 48.7 Å². The third-order valence-corrected chi connectivity index (χ3v) is 5.08. The molecule has 4 aromatic rings. The molecule has 0 saturated heterocycles. The van der Waals surface area contributed by atoms with Gasteiger partial charge in [0.15, 0.2) is 17.3 Å². The van der Waals surface area contributed by atoms with E-state index in [-0.39, 0.29) is 19.2 Å². The predicted molar refractivity (Wildman–Crippen MR) is 98.5 cm³/mol. The largest absolute Gasteiger partial charge is 0.488 e. The monoisotopic (exact) mass is 399 g/mol. The fourth-order valence-electron chi connectivity index (χ4n) is 2.76. The standard InChI is InChI=1S/C19H14FN3O4S/c20-12-1-3-13(4-2-12)24-9-15-8-23-18(21-22-19(23)28-15)10-25-14-5-6-16-17(7-14)27-11-26-16/h1-8H,9-11H2. The summed E-state index contributed by atoms with van der Waals surface area (Å²) >= 11 is 1.48. The summed E-state index contributed by atoms with van der Waals surface area (Å²) in [6.07, 6.45) is 1.92. The zero-order valence-corrected chi connectivity index (χ0v) is 15.3. The van der Waals surface area contributed by atoms with E-state index in [1.807, 2.05) is 22.7 Å². The Hall–Kier alpha value is -3.33. The topological polar surface area (TPSA) is 67.1 Å². The Kier molecular flexibility index (Phi) is 4.21. The van der Waals surface area contributed by atoms with Crippen LogP contribution in [0.2, 0.25) is 0 Å². The molecule has 0 unspecified atom stereocenters. The summed E-state index contributed by atoms with van der Waals surface area (Å²) < 4.78 is 37.0. The number of rotatable bonds is 6. The van der Waals surface area contributed by atoms with Crippen molar-refractivity contribution < 1.29 is 23.3 Å². The molecule has 0 bridgehead atoms. The Morgan fingerprint density at radius 3 is 2.64 bits per heavy atom. The molecule has 0 N–H and O–H groups in total. The Balaban J connectivity index is 1.26. The van der Waals surface area contributed by atoms with Crippen LogP contribution < -0.4 is 18.9 Å². The minimum absolute atomic E-state index is 0.223. The van der Waals surface area contributed by atoms with Crippen LogP contribution in [-0.4, -0.2) is 21.4 Å². The molecule has 2 aromatic carbocycles. The van der Waals surface area contributed by atoms with Gasteiger partial charge in [-0.15, -0.1) is 10.2 Å². The summed E-state index contributed by atoms with van der Waals surface area (Å²) in [5.74, 6) is 3.03. The van der Waals surface area contributed by atoms with E-state index in [1.165, 1.54) is 23.5 Å². The Morgan fingerprint density at radius 2 is 1.75 bits per heavy atom. The fourth-order valence-corrected chi connectivity index (χ4v) is 3.61. The van der Waals surface area contributed by atoms with E-state index in [0.717, 1.165) is 9.84 Å². The van der Waals surface area contributed by atoms with Gasteiger partial charge in [0, 0.05) is 12.3 Å². The van der Waals surface area contributed by atoms with Gasteiger partial charge in [-0.25, -0.2) is 4.39 Å². The second-order valence-electron chi connectivity index (χ2n) is 6.01. The number of thiazole rings is 1. The SMILES string of the molecule is Fc1ccc(OCc2cn3c(COc4ccc5c(c4)OCO5)nnc3s2)cc1. The lowest BCUT2D eigenvalue weighted by atomic mass is 10.3.